The number of hydrogen-bond donors (Lipinski definition) is 1. The molecule has 3 rings (SSSR count). The van der Waals surface area contributed by atoms with Gasteiger partial charge in [0.2, 0.25) is 0 Å². The van der Waals surface area contributed by atoms with Crippen molar-refractivity contribution in [1.29, 1.82) is 0 Å². The molecule has 168 valence electrons. The fourth-order valence-electron chi connectivity index (χ4n) is 4.78. The average molecular weight is 523 g/mol. The van der Waals surface area contributed by atoms with Crippen molar-refractivity contribution in [3.8, 4) is 0 Å². The normalized spacial score (nSPS) is 26.6. The molecule has 0 spiro atoms. The Kier molecular flexibility index (Phi) is 9.55. The van der Waals surface area contributed by atoms with Gasteiger partial charge in [-0.25, -0.2) is 0 Å². The van der Waals surface area contributed by atoms with Crippen LogP contribution in [0, 0.1) is 0 Å². The van der Waals surface area contributed by atoms with Crippen molar-refractivity contribution >= 4 is 18.4 Å². The van der Waals surface area contributed by atoms with Crippen molar-refractivity contribution in [2.75, 3.05) is 6.61 Å². The summed E-state index contributed by atoms with van der Waals surface area (Å²) >= 11 is -2.71. The Hall–Kier alpha value is -0.561. The van der Waals surface area contributed by atoms with Gasteiger partial charge in [0.25, 0.3) is 0 Å². The molecule has 0 saturated carbocycles. The number of fused-ring (bicyclic) bond motifs is 1. The Balaban J connectivity index is 1.80. The molecule has 1 aromatic rings. The minimum atomic E-state index is -2.71. The molecule has 0 radical (unpaired) electrons. The molecule has 2 aliphatic rings. The summed E-state index contributed by atoms with van der Waals surface area (Å²) in [5, 5.41) is 11.1. The SMILES string of the molecule is CCC[CH2][Sn]([CH2]CCC)([CH2]CCC)[C]1=C[C@@H](O)[C@H]2O[C@@H](c3ccccc3)OC[C@H]2O1. The third-order valence-corrected chi connectivity index (χ3v) is 21.6. The van der Waals surface area contributed by atoms with Crippen LogP contribution < -0.4 is 0 Å². The molecule has 0 amide bonds. The average Bonchev–Trinajstić information content (AvgIpc) is 2.79. The first-order chi connectivity index (χ1) is 14.6. The van der Waals surface area contributed by atoms with E-state index in [1.807, 2.05) is 36.4 Å². The number of aliphatic hydroxyl groups is 1. The van der Waals surface area contributed by atoms with Gasteiger partial charge in [-0.05, 0) is 0 Å². The van der Waals surface area contributed by atoms with Crippen LogP contribution in [0.4, 0.5) is 0 Å². The van der Waals surface area contributed by atoms with Gasteiger partial charge in [0.05, 0.1) is 0 Å². The maximum atomic E-state index is 11.1. The Labute approximate surface area is 186 Å². The van der Waals surface area contributed by atoms with E-state index in [9.17, 15) is 5.11 Å². The molecule has 0 aliphatic carbocycles. The molecule has 0 unspecified atom stereocenters. The summed E-state index contributed by atoms with van der Waals surface area (Å²) in [7, 11) is 0. The molecule has 2 heterocycles. The number of aliphatic hydroxyl groups excluding tert-OH is 1. The molecular weight excluding hydrogens is 483 g/mol. The van der Waals surface area contributed by atoms with Crippen LogP contribution >= 0.6 is 0 Å². The molecule has 1 fully saturated rings. The first-order valence-corrected chi connectivity index (χ1v) is 19.5. The van der Waals surface area contributed by atoms with E-state index in [0.717, 1.165) is 5.56 Å². The van der Waals surface area contributed by atoms with Crippen molar-refractivity contribution < 1.29 is 19.3 Å². The van der Waals surface area contributed by atoms with Crippen molar-refractivity contribution in [2.24, 2.45) is 0 Å². The molecule has 4 atom stereocenters. The second kappa shape index (κ2) is 11.9. The zero-order valence-corrected chi connectivity index (χ0v) is 21.9. The predicted octanol–water partition coefficient (Wildman–Crippen LogP) is 6.13. The first-order valence-electron chi connectivity index (χ1n) is 12.0. The van der Waals surface area contributed by atoms with E-state index < -0.39 is 30.8 Å². The van der Waals surface area contributed by atoms with Crippen LogP contribution in [0.1, 0.15) is 71.1 Å². The van der Waals surface area contributed by atoms with Crippen molar-refractivity contribution in [3.05, 3.63) is 45.7 Å². The van der Waals surface area contributed by atoms with Crippen molar-refractivity contribution in [1.82, 2.24) is 0 Å². The van der Waals surface area contributed by atoms with Crippen LogP contribution in [-0.2, 0) is 14.2 Å². The molecule has 5 heteroatoms. The fraction of sp³-hybridized carbons (Fsp3) is 0.680. The Morgan fingerprint density at radius 3 is 2.10 bits per heavy atom. The third-order valence-electron chi connectivity index (χ3n) is 6.62. The number of hydrogen-bond acceptors (Lipinski definition) is 4. The molecule has 2 aliphatic heterocycles. The Morgan fingerprint density at radius 1 is 0.933 bits per heavy atom. The van der Waals surface area contributed by atoms with Gasteiger partial charge in [0, 0.05) is 0 Å². The van der Waals surface area contributed by atoms with Gasteiger partial charge in [-0.3, -0.25) is 0 Å². The van der Waals surface area contributed by atoms with Gasteiger partial charge < -0.3 is 0 Å². The standard InChI is InChI=1S/C13H13O4.3C4H9.Sn/c14-10-6-7-15-11-8-16-13(17-12(10)11)9-4-2-1-3-5-9;3*1-3-4-2;/h1-6,10-14H,8H2;3*1,3-4H2,2H3;/t10-,11-,12-,13+;;;;/m1..../s1. The second-order valence-corrected chi connectivity index (χ2v) is 21.9. The van der Waals surface area contributed by atoms with E-state index in [2.05, 4.69) is 20.8 Å². The van der Waals surface area contributed by atoms with Crippen molar-refractivity contribution in [2.45, 2.75) is 97.2 Å². The molecule has 0 aromatic heterocycles. The van der Waals surface area contributed by atoms with Crippen LogP contribution in [0.25, 0.3) is 0 Å². The summed E-state index contributed by atoms with van der Waals surface area (Å²) in [6.45, 7) is 7.31. The zero-order chi connectivity index (χ0) is 21.4. The van der Waals surface area contributed by atoms with Gasteiger partial charge in [0.15, 0.2) is 0 Å². The van der Waals surface area contributed by atoms with Gasteiger partial charge in [-0.1, -0.05) is 0 Å². The van der Waals surface area contributed by atoms with Crippen LogP contribution in [-0.4, -0.2) is 48.4 Å². The van der Waals surface area contributed by atoms with Gasteiger partial charge >= 0.3 is 187 Å². The van der Waals surface area contributed by atoms with E-state index in [4.69, 9.17) is 14.2 Å². The molecule has 1 aromatic carbocycles. The minimum absolute atomic E-state index is 0.207. The summed E-state index contributed by atoms with van der Waals surface area (Å²) in [6.07, 6.45) is 7.93. The summed E-state index contributed by atoms with van der Waals surface area (Å²) in [5.74, 6) is 0. The van der Waals surface area contributed by atoms with E-state index in [0.29, 0.717) is 6.61 Å². The predicted molar refractivity (Wildman–Crippen MR) is 124 cm³/mol. The number of rotatable bonds is 11. The van der Waals surface area contributed by atoms with Crippen LogP contribution in [0.3, 0.4) is 0 Å². The third kappa shape index (κ3) is 5.81. The number of unbranched alkanes of at least 4 members (excludes halogenated alkanes) is 3. The number of benzene rings is 1. The summed E-state index contributed by atoms with van der Waals surface area (Å²) in [5.41, 5.74) is 0.986. The van der Waals surface area contributed by atoms with Gasteiger partial charge in [0.1, 0.15) is 0 Å². The molecule has 0 bridgehead atoms. The van der Waals surface area contributed by atoms with E-state index in [1.165, 1.54) is 55.6 Å². The zero-order valence-electron chi connectivity index (χ0n) is 19.0. The maximum absolute atomic E-state index is 11.1. The molecular formula is C25H40O4Sn. The van der Waals surface area contributed by atoms with Crippen LogP contribution in [0.2, 0.25) is 13.3 Å². The summed E-state index contributed by atoms with van der Waals surface area (Å²) < 4.78 is 24.0. The first kappa shape index (κ1) is 24.1. The quantitative estimate of drug-likeness (QED) is 0.355. The molecule has 4 nitrogen and oxygen atoms in total. The monoisotopic (exact) mass is 524 g/mol. The Bertz CT molecular complexity index is 641. The topological polar surface area (TPSA) is 47.9 Å². The van der Waals surface area contributed by atoms with E-state index in [-0.39, 0.29) is 12.2 Å². The second-order valence-electron chi connectivity index (χ2n) is 8.95. The molecule has 1 saturated heterocycles. The van der Waals surface area contributed by atoms with E-state index in [1.54, 1.807) is 0 Å². The van der Waals surface area contributed by atoms with Crippen molar-refractivity contribution in [3.63, 3.8) is 0 Å². The summed E-state index contributed by atoms with van der Waals surface area (Å²) in [6, 6.07) is 9.96. The van der Waals surface area contributed by atoms with Gasteiger partial charge in [-0.2, -0.15) is 0 Å². The van der Waals surface area contributed by atoms with E-state index >= 15 is 0 Å². The molecule has 1 N–H and O–H groups in total. The molecule has 30 heavy (non-hydrogen) atoms. The van der Waals surface area contributed by atoms with Gasteiger partial charge in [-0.15, -0.1) is 0 Å². The van der Waals surface area contributed by atoms with Crippen LogP contribution in [0.15, 0.2) is 40.2 Å². The Morgan fingerprint density at radius 2 is 1.53 bits per heavy atom. The fourth-order valence-corrected chi connectivity index (χ4v) is 20.5. The van der Waals surface area contributed by atoms with Crippen LogP contribution in [0.5, 0.6) is 0 Å². The number of ether oxygens (including phenoxy) is 3. The summed E-state index contributed by atoms with van der Waals surface area (Å²) in [4.78, 5) is 0.